The van der Waals surface area contributed by atoms with Crippen molar-refractivity contribution in [2.75, 3.05) is 43.1 Å². The molecule has 194 valence electrons. The van der Waals surface area contributed by atoms with Gasteiger partial charge in [0.1, 0.15) is 23.5 Å². The minimum atomic E-state index is -0.437. The van der Waals surface area contributed by atoms with Gasteiger partial charge in [-0.2, -0.15) is 0 Å². The SMILES string of the molecule is CCCCOC(=O)Cn1c(N2CCOCC2)cnc(N[C@H](C)c2ccc3oc4ccccc4c3c2)c1=O. The predicted molar refractivity (Wildman–Crippen MR) is 143 cm³/mol. The molecule has 1 fully saturated rings. The molecule has 3 heterocycles. The largest absolute Gasteiger partial charge is 0.464 e. The van der Waals surface area contributed by atoms with Gasteiger partial charge in [-0.3, -0.25) is 14.2 Å². The first-order chi connectivity index (χ1) is 18.0. The third kappa shape index (κ3) is 5.32. The molecular formula is C28H32N4O5. The number of anilines is 2. The van der Waals surface area contributed by atoms with Gasteiger partial charge in [-0.1, -0.05) is 37.6 Å². The van der Waals surface area contributed by atoms with Crippen LogP contribution in [0, 0.1) is 0 Å². The van der Waals surface area contributed by atoms with Crippen LogP contribution in [0.15, 0.2) is 57.9 Å². The van der Waals surface area contributed by atoms with Crippen LogP contribution in [-0.2, 0) is 20.8 Å². The van der Waals surface area contributed by atoms with Crippen LogP contribution in [0.2, 0.25) is 0 Å². The summed E-state index contributed by atoms with van der Waals surface area (Å²) in [6.07, 6.45) is 3.36. The zero-order valence-corrected chi connectivity index (χ0v) is 21.2. The van der Waals surface area contributed by atoms with Crippen molar-refractivity contribution < 1.29 is 18.7 Å². The van der Waals surface area contributed by atoms with E-state index < -0.39 is 5.97 Å². The topological polar surface area (TPSA) is 98.8 Å². The van der Waals surface area contributed by atoms with Crippen molar-refractivity contribution in [2.24, 2.45) is 0 Å². The Bertz CT molecular complexity index is 1450. The molecule has 2 aromatic heterocycles. The smallest absolute Gasteiger partial charge is 0.326 e. The number of hydrogen-bond acceptors (Lipinski definition) is 8. The van der Waals surface area contributed by atoms with E-state index in [-0.39, 0.29) is 24.0 Å². The molecule has 37 heavy (non-hydrogen) atoms. The highest BCUT2D eigenvalue weighted by Gasteiger charge is 2.21. The molecule has 1 N–H and O–H groups in total. The quantitative estimate of drug-likeness (QED) is 0.263. The number of aromatic nitrogens is 2. The molecule has 0 bridgehead atoms. The number of hydrogen-bond donors (Lipinski definition) is 1. The Kier molecular flexibility index (Phi) is 7.41. The molecular weight excluding hydrogens is 472 g/mol. The summed E-state index contributed by atoms with van der Waals surface area (Å²) in [6.45, 7) is 6.52. The summed E-state index contributed by atoms with van der Waals surface area (Å²) in [5, 5.41) is 5.32. The van der Waals surface area contributed by atoms with E-state index >= 15 is 0 Å². The number of carbonyl (C=O) groups is 1. The summed E-state index contributed by atoms with van der Waals surface area (Å²) in [6, 6.07) is 13.7. The molecule has 0 radical (unpaired) electrons. The third-order valence-corrected chi connectivity index (χ3v) is 6.67. The second-order valence-corrected chi connectivity index (χ2v) is 9.25. The van der Waals surface area contributed by atoms with Crippen molar-refractivity contribution in [3.63, 3.8) is 0 Å². The number of rotatable bonds is 9. The molecule has 0 unspecified atom stereocenters. The summed E-state index contributed by atoms with van der Waals surface area (Å²) in [4.78, 5) is 32.6. The fourth-order valence-electron chi connectivity index (χ4n) is 4.58. The maximum absolute atomic E-state index is 13.6. The summed E-state index contributed by atoms with van der Waals surface area (Å²) < 4.78 is 18.2. The standard InChI is InChI=1S/C28H32N4O5/c1-3-4-13-36-26(33)18-32-25(31-11-14-35-15-12-31)17-29-27(28(32)34)30-19(2)20-9-10-24-22(16-20)21-7-5-6-8-23(21)37-24/h5-10,16-17,19H,3-4,11-15,18H2,1-2H3,(H,29,30)/t19-/m1/s1. The Hall–Kier alpha value is -3.85. The van der Waals surface area contributed by atoms with Crippen molar-refractivity contribution in [3.05, 3.63) is 64.6 Å². The summed E-state index contributed by atoms with van der Waals surface area (Å²) >= 11 is 0. The number of fused-ring (bicyclic) bond motifs is 3. The molecule has 2 aromatic carbocycles. The predicted octanol–water partition coefficient (Wildman–Crippen LogP) is 4.50. The summed E-state index contributed by atoms with van der Waals surface area (Å²) in [7, 11) is 0. The summed E-state index contributed by atoms with van der Waals surface area (Å²) in [5.41, 5.74) is 2.28. The molecule has 9 nitrogen and oxygen atoms in total. The molecule has 0 spiro atoms. The van der Waals surface area contributed by atoms with Crippen molar-refractivity contribution in [2.45, 2.75) is 39.3 Å². The number of carbonyl (C=O) groups excluding carboxylic acids is 1. The lowest BCUT2D eigenvalue weighted by molar-refractivity contribution is -0.144. The first-order valence-corrected chi connectivity index (χ1v) is 12.8. The third-order valence-electron chi connectivity index (χ3n) is 6.67. The van der Waals surface area contributed by atoms with Gasteiger partial charge in [0.15, 0.2) is 5.82 Å². The van der Waals surface area contributed by atoms with E-state index in [0.29, 0.717) is 38.7 Å². The van der Waals surface area contributed by atoms with Crippen LogP contribution < -0.4 is 15.8 Å². The van der Waals surface area contributed by atoms with Crippen molar-refractivity contribution >= 4 is 39.5 Å². The number of para-hydroxylation sites is 1. The van der Waals surface area contributed by atoms with Crippen LogP contribution in [0.5, 0.6) is 0 Å². The minimum Gasteiger partial charge on any atom is -0.464 e. The molecule has 1 aliphatic rings. The Balaban J connectivity index is 1.43. The number of morpholine rings is 1. The first-order valence-electron chi connectivity index (χ1n) is 12.8. The van der Waals surface area contributed by atoms with Gasteiger partial charge >= 0.3 is 5.97 Å². The van der Waals surface area contributed by atoms with Crippen LogP contribution in [-0.4, -0.2) is 48.4 Å². The summed E-state index contributed by atoms with van der Waals surface area (Å²) in [5.74, 6) is 0.334. The van der Waals surface area contributed by atoms with E-state index in [9.17, 15) is 9.59 Å². The maximum Gasteiger partial charge on any atom is 0.326 e. The highest BCUT2D eigenvalue weighted by atomic mass is 16.5. The van der Waals surface area contributed by atoms with E-state index in [1.54, 1.807) is 6.20 Å². The molecule has 9 heteroatoms. The van der Waals surface area contributed by atoms with Gasteiger partial charge in [0.25, 0.3) is 5.56 Å². The number of nitrogens with one attached hydrogen (secondary N) is 1. The molecule has 0 amide bonds. The van der Waals surface area contributed by atoms with Gasteiger partial charge in [-0.15, -0.1) is 0 Å². The first kappa shape index (κ1) is 24.8. The van der Waals surface area contributed by atoms with Crippen LogP contribution in [0.25, 0.3) is 21.9 Å². The number of furan rings is 1. The zero-order valence-electron chi connectivity index (χ0n) is 21.2. The molecule has 1 atom stereocenters. The number of benzene rings is 2. The lowest BCUT2D eigenvalue weighted by Gasteiger charge is -2.30. The van der Waals surface area contributed by atoms with Crippen molar-refractivity contribution in [1.82, 2.24) is 9.55 Å². The van der Waals surface area contributed by atoms with Crippen LogP contribution >= 0.6 is 0 Å². The van der Waals surface area contributed by atoms with Crippen LogP contribution in [0.1, 0.15) is 38.3 Å². The Morgan fingerprint density at radius 2 is 1.92 bits per heavy atom. The fraction of sp³-hybridized carbons (Fsp3) is 0.393. The molecule has 0 saturated carbocycles. The number of unbranched alkanes of at least 4 members (excludes halogenated alkanes) is 1. The van der Waals surface area contributed by atoms with Crippen LogP contribution in [0.4, 0.5) is 11.6 Å². The molecule has 0 aliphatic carbocycles. The normalized spacial score (nSPS) is 14.7. The highest BCUT2D eigenvalue weighted by molar-refractivity contribution is 6.05. The van der Waals surface area contributed by atoms with E-state index in [4.69, 9.17) is 13.9 Å². The number of esters is 1. The van der Waals surface area contributed by atoms with Gasteiger partial charge in [-0.05, 0) is 37.1 Å². The molecule has 5 rings (SSSR count). The van der Waals surface area contributed by atoms with Gasteiger partial charge in [0.2, 0.25) is 0 Å². The van der Waals surface area contributed by atoms with E-state index in [2.05, 4.69) is 16.4 Å². The van der Waals surface area contributed by atoms with Gasteiger partial charge < -0.3 is 24.1 Å². The Labute approximate surface area is 215 Å². The lowest BCUT2D eigenvalue weighted by Crippen LogP contribution is -2.41. The molecule has 4 aromatic rings. The van der Waals surface area contributed by atoms with Gasteiger partial charge in [-0.25, -0.2) is 4.98 Å². The van der Waals surface area contributed by atoms with Crippen molar-refractivity contribution in [1.29, 1.82) is 0 Å². The number of nitrogens with zero attached hydrogens (tertiary/aromatic N) is 3. The second kappa shape index (κ2) is 11.0. The lowest BCUT2D eigenvalue weighted by atomic mass is 10.0. The zero-order chi connectivity index (χ0) is 25.8. The highest BCUT2D eigenvalue weighted by Crippen LogP contribution is 2.31. The second-order valence-electron chi connectivity index (χ2n) is 9.25. The fourth-order valence-corrected chi connectivity index (χ4v) is 4.58. The average Bonchev–Trinajstić information content (AvgIpc) is 3.29. The maximum atomic E-state index is 13.6. The molecule has 1 aliphatic heterocycles. The minimum absolute atomic E-state index is 0.173. The van der Waals surface area contributed by atoms with E-state index in [1.165, 1.54) is 4.57 Å². The van der Waals surface area contributed by atoms with Crippen LogP contribution in [0.3, 0.4) is 0 Å². The van der Waals surface area contributed by atoms with E-state index in [0.717, 1.165) is 40.3 Å². The van der Waals surface area contributed by atoms with Gasteiger partial charge in [0.05, 0.1) is 32.1 Å². The van der Waals surface area contributed by atoms with E-state index in [1.807, 2.05) is 55.1 Å². The monoisotopic (exact) mass is 504 g/mol. The number of ether oxygens (including phenoxy) is 2. The Morgan fingerprint density at radius 3 is 2.73 bits per heavy atom. The average molecular weight is 505 g/mol. The van der Waals surface area contributed by atoms with Crippen molar-refractivity contribution in [3.8, 4) is 0 Å². The molecule has 1 saturated heterocycles. The Morgan fingerprint density at radius 1 is 1.14 bits per heavy atom. The van der Waals surface area contributed by atoms with Gasteiger partial charge in [0, 0.05) is 23.9 Å².